The van der Waals surface area contributed by atoms with Gasteiger partial charge in [0.25, 0.3) is 0 Å². The van der Waals surface area contributed by atoms with Gasteiger partial charge in [0, 0.05) is 5.56 Å². The number of aromatic nitrogens is 4. The lowest BCUT2D eigenvalue weighted by Gasteiger charge is -1.98. The zero-order valence-corrected chi connectivity index (χ0v) is 8.38. The molecule has 0 bridgehead atoms. The highest BCUT2D eigenvalue weighted by atomic mass is 15.3. The van der Waals surface area contributed by atoms with Gasteiger partial charge in [0.2, 0.25) is 5.82 Å². The summed E-state index contributed by atoms with van der Waals surface area (Å²) >= 11 is 0. The van der Waals surface area contributed by atoms with Gasteiger partial charge < -0.3 is 0 Å². The second-order valence-corrected chi connectivity index (χ2v) is 3.19. The molecule has 0 aliphatic heterocycles. The Kier molecular flexibility index (Phi) is 2.49. The van der Waals surface area contributed by atoms with Crippen LogP contribution in [0.2, 0.25) is 0 Å². The van der Waals surface area contributed by atoms with E-state index in [9.17, 15) is 0 Å². The Hall–Kier alpha value is -2.10. The van der Waals surface area contributed by atoms with Gasteiger partial charge >= 0.3 is 0 Å². The molecule has 0 radical (unpaired) electrons. The standard InChI is InChI=1S/C11H10N4/c1-8(2)10-12-14-11(15-13-10)9-6-4-3-5-7-9/h3-7H,1H2,2H3. The Bertz CT molecular complexity index is 462. The normalized spacial score (nSPS) is 9.93. The van der Waals surface area contributed by atoms with Crippen LogP contribution in [-0.2, 0) is 0 Å². The Morgan fingerprint density at radius 1 is 1.00 bits per heavy atom. The number of benzene rings is 1. The van der Waals surface area contributed by atoms with E-state index in [1.54, 1.807) is 0 Å². The average Bonchev–Trinajstić information content (AvgIpc) is 2.30. The van der Waals surface area contributed by atoms with Crippen molar-refractivity contribution in [2.75, 3.05) is 0 Å². The maximum atomic E-state index is 3.99. The molecule has 1 heterocycles. The van der Waals surface area contributed by atoms with Crippen molar-refractivity contribution in [1.82, 2.24) is 20.4 Å². The second kappa shape index (κ2) is 3.96. The lowest BCUT2D eigenvalue weighted by Crippen LogP contribution is -2.00. The first-order valence-electron chi connectivity index (χ1n) is 4.56. The molecule has 0 aliphatic rings. The van der Waals surface area contributed by atoms with Gasteiger partial charge in [-0.05, 0) is 12.5 Å². The highest BCUT2D eigenvalue weighted by Gasteiger charge is 2.03. The van der Waals surface area contributed by atoms with Gasteiger partial charge in [-0.1, -0.05) is 36.9 Å². The molecule has 2 rings (SSSR count). The average molecular weight is 198 g/mol. The molecule has 1 aromatic carbocycles. The fraction of sp³-hybridized carbons (Fsp3) is 0.0909. The molecule has 15 heavy (non-hydrogen) atoms. The monoisotopic (exact) mass is 198 g/mol. The number of allylic oxidation sites excluding steroid dienone is 1. The molecule has 1 aromatic heterocycles. The lowest BCUT2D eigenvalue weighted by molar-refractivity contribution is 0.843. The van der Waals surface area contributed by atoms with Crippen molar-refractivity contribution in [1.29, 1.82) is 0 Å². The Morgan fingerprint density at radius 3 is 2.13 bits per heavy atom. The predicted octanol–water partition coefficient (Wildman–Crippen LogP) is 1.97. The van der Waals surface area contributed by atoms with Crippen molar-refractivity contribution >= 4 is 5.57 Å². The number of nitrogens with zero attached hydrogens (tertiary/aromatic N) is 4. The summed E-state index contributed by atoms with van der Waals surface area (Å²) in [6.45, 7) is 5.54. The summed E-state index contributed by atoms with van der Waals surface area (Å²) in [5.74, 6) is 1.01. The quantitative estimate of drug-likeness (QED) is 0.740. The maximum absolute atomic E-state index is 3.99. The topological polar surface area (TPSA) is 51.6 Å². The first kappa shape index (κ1) is 9.45. The lowest BCUT2D eigenvalue weighted by atomic mass is 10.2. The van der Waals surface area contributed by atoms with E-state index in [2.05, 4.69) is 27.0 Å². The van der Waals surface area contributed by atoms with E-state index in [1.807, 2.05) is 37.3 Å². The molecule has 0 spiro atoms. The van der Waals surface area contributed by atoms with Crippen LogP contribution < -0.4 is 0 Å². The summed E-state index contributed by atoms with van der Waals surface area (Å²) in [6.07, 6.45) is 0. The van der Waals surface area contributed by atoms with E-state index in [0.717, 1.165) is 11.1 Å². The van der Waals surface area contributed by atoms with E-state index >= 15 is 0 Å². The van der Waals surface area contributed by atoms with E-state index in [0.29, 0.717) is 11.6 Å². The molecule has 4 nitrogen and oxygen atoms in total. The van der Waals surface area contributed by atoms with Gasteiger partial charge in [0.05, 0.1) is 0 Å². The van der Waals surface area contributed by atoms with Crippen LogP contribution in [0.1, 0.15) is 12.7 Å². The van der Waals surface area contributed by atoms with Crippen molar-refractivity contribution in [3.05, 3.63) is 42.7 Å². The Balaban J connectivity index is 2.36. The summed E-state index contributed by atoms with van der Waals surface area (Å²) in [4.78, 5) is 0. The molecular weight excluding hydrogens is 188 g/mol. The third kappa shape index (κ3) is 2.04. The van der Waals surface area contributed by atoms with Gasteiger partial charge in [-0.15, -0.1) is 20.4 Å². The molecule has 0 unspecified atom stereocenters. The Labute approximate surface area is 87.7 Å². The summed E-state index contributed by atoms with van der Waals surface area (Å²) in [5.41, 5.74) is 1.67. The smallest absolute Gasteiger partial charge is 0.126 e. The molecule has 0 saturated heterocycles. The fourth-order valence-corrected chi connectivity index (χ4v) is 1.10. The van der Waals surface area contributed by atoms with E-state index in [4.69, 9.17) is 0 Å². The van der Waals surface area contributed by atoms with Crippen molar-refractivity contribution in [3.63, 3.8) is 0 Å². The van der Waals surface area contributed by atoms with Crippen LogP contribution in [0.15, 0.2) is 36.9 Å². The minimum absolute atomic E-state index is 0.481. The van der Waals surface area contributed by atoms with Crippen molar-refractivity contribution < 1.29 is 0 Å². The van der Waals surface area contributed by atoms with Gasteiger partial charge in [0.1, 0.15) is 0 Å². The van der Waals surface area contributed by atoms with Crippen molar-refractivity contribution in [2.24, 2.45) is 0 Å². The predicted molar refractivity (Wildman–Crippen MR) is 57.8 cm³/mol. The van der Waals surface area contributed by atoms with Crippen molar-refractivity contribution in [3.8, 4) is 11.4 Å². The maximum Gasteiger partial charge on any atom is 0.203 e. The first-order chi connectivity index (χ1) is 7.27. The molecular formula is C11H10N4. The highest BCUT2D eigenvalue weighted by Crippen LogP contribution is 2.12. The zero-order chi connectivity index (χ0) is 10.7. The van der Waals surface area contributed by atoms with E-state index in [-0.39, 0.29) is 0 Å². The van der Waals surface area contributed by atoms with Crippen LogP contribution in [-0.4, -0.2) is 20.4 Å². The van der Waals surface area contributed by atoms with Crippen LogP contribution in [0.5, 0.6) is 0 Å². The largest absolute Gasteiger partial charge is 0.203 e. The Morgan fingerprint density at radius 2 is 1.60 bits per heavy atom. The third-order valence-electron chi connectivity index (χ3n) is 1.89. The SMILES string of the molecule is C=C(C)c1nnc(-c2ccccc2)nn1. The minimum Gasteiger partial charge on any atom is -0.126 e. The molecule has 0 aliphatic carbocycles. The van der Waals surface area contributed by atoms with Crippen LogP contribution in [0, 0.1) is 0 Å². The molecule has 0 fully saturated rings. The summed E-state index contributed by atoms with van der Waals surface area (Å²) in [7, 11) is 0. The summed E-state index contributed by atoms with van der Waals surface area (Å²) < 4.78 is 0. The van der Waals surface area contributed by atoms with Gasteiger partial charge in [-0.25, -0.2) is 0 Å². The molecule has 2 aromatic rings. The molecule has 0 amide bonds. The number of rotatable bonds is 2. The highest BCUT2D eigenvalue weighted by molar-refractivity contribution is 5.55. The fourth-order valence-electron chi connectivity index (χ4n) is 1.10. The molecule has 0 N–H and O–H groups in total. The van der Waals surface area contributed by atoms with Crippen LogP contribution >= 0.6 is 0 Å². The van der Waals surface area contributed by atoms with E-state index < -0.39 is 0 Å². The van der Waals surface area contributed by atoms with Crippen LogP contribution in [0.4, 0.5) is 0 Å². The summed E-state index contributed by atoms with van der Waals surface area (Å²) in [6, 6.07) is 9.61. The van der Waals surface area contributed by atoms with Gasteiger partial charge in [-0.2, -0.15) is 0 Å². The van der Waals surface area contributed by atoms with Crippen LogP contribution in [0.25, 0.3) is 17.0 Å². The second-order valence-electron chi connectivity index (χ2n) is 3.19. The van der Waals surface area contributed by atoms with Crippen LogP contribution in [0.3, 0.4) is 0 Å². The van der Waals surface area contributed by atoms with Crippen molar-refractivity contribution in [2.45, 2.75) is 6.92 Å². The molecule has 0 atom stereocenters. The number of hydrogen-bond acceptors (Lipinski definition) is 4. The van der Waals surface area contributed by atoms with Gasteiger partial charge in [-0.3, -0.25) is 0 Å². The first-order valence-corrected chi connectivity index (χ1v) is 4.56. The molecule has 74 valence electrons. The van der Waals surface area contributed by atoms with Gasteiger partial charge in [0.15, 0.2) is 5.82 Å². The number of hydrogen-bond donors (Lipinski definition) is 0. The molecule has 4 heteroatoms. The zero-order valence-electron chi connectivity index (χ0n) is 8.38. The minimum atomic E-state index is 0.481. The van der Waals surface area contributed by atoms with E-state index in [1.165, 1.54) is 0 Å². The summed E-state index contributed by atoms with van der Waals surface area (Å²) in [5, 5.41) is 15.8. The third-order valence-corrected chi connectivity index (χ3v) is 1.89. The molecule has 0 saturated carbocycles.